The third-order valence-corrected chi connectivity index (χ3v) is 7.47. The molecule has 37 heavy (non-hydrogen) atoms. The number of thiocarbonyl (C=S) groups is 1. The predicted molar refractivity (Wildman–Crippen MR) is 152 cm³/mol. The molecular formula is C29H28N4O2S2. The standard InChI is InChI=1S/C29H28N4O2S2/c1-18(2)28(34)31-22-13-12-20(17-19(22)3)33-27(26(32-29(33)36)23-11-7-8-16-30-23)24-14-15-25(35-24)37-21-9-5-4-6-10-21/h4-18,26-27H,1-3H3,(H,31,34)(H,32,36). The molecule has 2 aromatic carbocycles. The summed E-state index contributed by atoms with van der Waals surface area (Å²) < 4.78 is 6.39. The summed E-state index contributed by atoms with van der Waals surface area (Å²) in [5.74, 6) is 0.678. The van der Waals surface area contributed by atoms with Crippen LogP contribution in [0.15, 0.2) is 99.5 Å². The second kappa shape index (κ2) is 10.8. The summed E-state index contributed by atoms with van der Waals surface area (Å²) in [6.45, 7) is 5.74. The van der Waals surface area contributed by atoms with Crippen LogP contribution in [0, 0.1) is 12.8 Å². The van der Waals surface area contributed by atoms with Crippen molar-refractivity contribution in [2.75, 3.05) is 10.2 Å². The minimum Gasteiger partial charge on any atom is -0.452 e. The summed E-state index contributed by atoms with van der Waals surface area (Å²) in [4.78, 5) is 20.0. The monoisotopic (exact) mass is 528 g/mol. The fraction of sp³-hybridized carbons (Fsp3) is 0.207. The van der Waals surface area contributed by atoms with Crippen molar-refractivity contribution in [2.45, 2.75) is 42.8 Å². The SMILES string of the molecule is Cc1cc(N2C(=S)NC(c3ccccn3)C2c2ccc(Sc3ccccc3)o2)ccc1NC(=O)C(C)C. The molecule has 0 radical (unpaired) electrons. The second-order valence-electron chi connectivity index (χ2n) is 9.21. The van der Waals surface area contributed by atoms with Gasteiger partial charge in [-0.15, -0.1) is 0 Å². The van der Waals surface area contributed by atoms with Crippen LogP contribution in [0.5, 0.6) is 0 Å². The van der Waals surface area contributed by atoms with E-state index in [1.54, 1.807) is 18.0 Å². The van der Waals surface area contributed by atoms with E-state index in [9.17, 15) is 4.79 Å². The maximum Gasteiger partial charge on any atom is 0.226 e. The van der Waals surface area contributed by atoms with Crippen LogP contribution in [0.3, 0.4) is 0 Å². The topological polar surface area (TPSA) is 70.4 Å². The molecule has 1 aliphatic heterocycles. The molecule has 1 amide bonds. The molecule has 1 aliphatic rings. The third kappa shape index (κ3) is 5.40. The Bertz CT molecular complexity index is 1410. The molecule has 2 atom stereocenters. The van der Waals surface area contributed by atoms with Gasteiger partial charge in [-0.25, -0.2) is 0 Å². The molecule has 6 nitrogen and oxygen atoms in total. The fourth-order valence-corrected chi connectivity index (χ4v) is 5.44. The molecule has 2 unspecified atom stereocenters. The summed E-state index contributed by atoms with van der Waals surface area (Å²) >= 11 is 7.42. The first kappa shape index (κ1) is 25.0. The highest BCUT2D eigenvalue weighted by molar-refractivity contribution is 7.99. The lowest BCUT2D eigenvalue weighted by molar-refractivity contribution is -0.118. The van der Waals surface area contributed by atoms with Gasteiger partial charge in [0.15, 0.2) is 10.2 Å². The first-order chi connectivity index (χ1) is 17.9. The molecule has 0 bridgehead atoms. The number of amides is 1. The van der Waals surface area contributed by atoms with E-state index in [0.29, 0.717) is 5.11 Å². The van der Waals surface area contributed by atoms with Gasteiger partial charge >= 0.3 is 0 Å². The zero-order valence-corrected chi connectivity index (χ0v) is 22.5. The summed E-state index contributed by atoms with van der Waals surface area (Å²) in [5.41, 5.74) is 3.53. The number of nitrogens with one attached hydrogen (secondary N) is 2. The van der Waals surface area contributed by atoms with Crippen molar-refractivity contribution in [1.82, 2.24) is 10.3 Å². The van der Waals surface area contributed by atoms with Gasteiger partial charge in [0.25, 0.3) is 0 Å². The van der Waals surface area contributed by atoms with Crippen molar-refractivity contribution in [2.24, 2.45) is 5.92 Å². The van der Waals surface area contributed by atoms with Crippen LogP contribution in [-0.4, -0.2) is 16.0 Å². The summed E-state index contributed by atoms with van der Waals surface area (Å²) in [5, 5.41) is 7.87. The number of furan rings is 1. The maximum absolute atomic E-state index is 12.3. The van der Waals surface area contributed by atoms with E-state index in [4.69, 9.17) is 16.6 Å². The number of benzene rings is 2. The van der Waals surface area contributed by atoms with Crippen LogP contribution in [0.4, 0.5) is 11.4 Å². The number of hydrogen-bond donors (Lipinski definition) is 2. The van der Waals surface area contributed by atoms with Crippen molar-refractivity contribution in [1.29, 1.82) is 0 Å². The van der Waals surface area contributed by atoms with Crippen molar-refractivity contribution in [3.05, 3.63) is 102 Å². The molecule has 0 saturated carbocycles. The maximum atomic E-state index is 12.3. The van der Waals surface area contributed by atoms with Crippen LogP contribution in [0.1, 0.15) is 42.9 Å². The van der Waals surface area contributed by atoms with Gasteiger partial charge in [-0.2, -0.15) is 0 Å². The van der Waals surface area contributed by atoms with E-state index in [1.807, 2.05) is 87.5 Å². The highest BCUT2D eigenvalue weighted by Crippen LogP contribution is 2.44. The number of anilines is 2. The van der Waals surface area contributed by atoms with Gasteiger partial charge in [0, 0.05) is 28.4 Å². The Labute approximate surface area is 226 Å². The normalized spacial score (nSPS) is 17.2. The molecule has 5 rings (SSSR count). The van der Waals surface area contributed by atoms with Gasteiger partial charge in [0.2, 0.25) is 5.91 Å². The Morgan fingerprint density at radius 2 is 1.86 bits per heavy atom. The molecule has 0 aliphatic carbocycles. The number of carbonyl (C=O) groups excluding carboxylic acids is 1. The largest absolute Gasteiger partial charge is 0.452 e. The van der Waals surface area contributed by atoms with Crippen molar-refractivity contribution in [3.63, 3.8) is 0 Å². The van der Waals surface area contributed by atoms with E-state index in [2.05, 4.69) is 32.7 Å². The number of hydrogen-bond acceptors (Lipinski definition) is 5. The van der Waals surface area contributed by atoms with Gasteiger partial charge in [-0.1, -0.05) is 49.9 Å². The lowest BCUT2D eigenvalue weighted by Crippen LogP contribution is -2.29. The molecule has 4 aromatic rings. The number of carbonyl (C=O) groups is 1. The van der Waals surface area contributed by atoms with Crippen LogP contribution >= 0.6 is 24.0 Å². The van der Waals surface area contributed by atoms with E-state index < -0.39 is 0 Å². The third-order valence-electron chi connectivity index (χ3n) is 6.22. The summed E-state index contributed by atoms with van der Waals surface area (Å²) in [7, 11) is 0. The average Bonchev–Trinajstić information content (AvgIpc) is 3.50. The molecule has 3 heterocycles. The minimum atomic E-state index is -0.247. The smallest absolute Gasteiger partial charge is 0.226 e. The first-order valence-corrected chi connectivity index (χ1v) is 13.4. The Morgan fingerprint density at radius 3 is 2.57 bits per heavy atom. The average molecular weight is 529 g/mol. The Balaban J connectivity index is 1.50. The second-order valence-corrected chi connectivity index (χ2v) is 10.7. The number of rotatable bonds is 7. The van der Waals surface area contributed by atoms with E-state index >= 15 is 0 Å². The van der Waals surface area contributed by atoms with Gasteiger partial charge in [0.05, 0.1) is 11.7 Å². The number of nitrogens with zero attached hydrogens (tertiary/aromatic N) is 2. The molecule has 2 aromatic heterocycles. The van der Waals surface area contributed by atoms with Gasteiger partial charge < -0.3 is 20.0 Å². The predicted octanol–water partition coefficient (Wildman–Crippen LogP) is 6.91. The van der Waals surface area contributed by atoms with Crippen LogP contribution in [0.25, 0.3) is 0 Å². The lowest BCUT2D eigenvalue weighted by atomic mass is 10.0. The van der Waals surface area contributed by atoms with Crippen molar-refractivity contribution in [3.8, 4) is 0 Å². The molecule has 188 valence electrons. The molecule has 1 saturated heterocycles. The van der Waals surface area contributed by atoms with Crippen LogP contribution in [0.2, 0.25) is 0 Å². The zero-order valence-electron chi connectivity index (χ0n) is 20.8. The quantitative estimate of drug-likeness (QED) is 0.253. The first-order valence-electron chi connectivity index (χ1n) is 12.2. The van der Waals surface area contributed by atoms with Crippen LogP contribution < -0.4 is 15.5 Å². The summed E-state index contributed by atoms with van der Waals surface area (Å²) in [6, 6.07) is 25.5. The fourth-order valence-electron chi connectivity index (χ4n) is 4.29. The highest BCUT2D eigenvalue weighted by atomic mass is 32.2. The minimum absolute atomic E-state index is 0.0127. The van der Waals surface area contributed by atoms with Crippen molar-refractivity contribution < 1.29 is 9.21 Å². The Kier molecular flexibility index (Phi) is 7.30. The molecular weight excluding hydrogens is 500 g/mol. The molecule has 2 N–H and O–H groups in total. The molecule has 8 heteroatoms. The number of aryl methyl sites for hydroxylation is 1. The highest BCUT2D eigenvalue weighted by Gasteiger charge is 2.42. The van der Waals surface area contributed by atoms with E-state index in [-0.39, 0.29) is 23.9 Å². The number of pyridine rings is 1. The Morgan fingerprint density at radius 1 is 1.08 bits per heavy atom. The zero-order chi connectivity index (χ0) is 25.9. The Hall–Kier alpha value is -3.62. The van der Waals surface area contributed by atoms with E-state index in [1.165, 1.54) is 0 Å². The van der Waals surface area contributed by atoms with Gasteiger partial charge in [-0.3, -0.25) is 9.78 Å². The van der Waals surface area contributed by atoms with E-state index in [0.717, 1.165) is 38.4 Å². The molecule has 1 fully saturated rings. The van der Waals surface area contributed by atoms with Crippen LogP contribution in [-0.2, 0) is 4.79 Å². The van der Waals surface area contributed by atoms with Gasteiger partial charge in [0.1, 0.15) is 11.8 Å². The van der Waals surface area contributed by atoms with Crippen molar-refractivity contribution >= 4 is 46.4 Å². The number of aromatic nitrogens is 1. The molecule has 0 spiro atoms. The lowest BCUT2D eigenvalue weighted by Gasteiger charge is -2.27. The summed E-state index contributed by atoms with van der Waals surface area (Å²) in [6.07, 6.45) is 1.79. The van der Waals surface area contributed by atoms with Gasteiger partial charge in [-0.05, 0) is 79.3 Å².